The van der Waals surface area contributed by atoms with Crippen LogP contribution in [0.1, 0.15) is 24.1 Å². The molecule has 3 aromatic rings. The molecule has 9 heteroatoms. The van der Waals surface area contributed by atoms with Gasteiger partial charge in [0.1, 0.15) is 23.4 Å². The molecule has 0 atom stereocenters. The summed E-state index contributed by atoms with van der Waals surface area (Å²) < 4.78 is 51.5. The van der Waals surface area contributed by atoms with Gasteiger partial charge in [0.05, 0.1) is 13.2 Å². The second-order valence-electron chi connectivity index (χ2n) is 7.21. The summed E-state index contributed by atoms with van der Waals surface area (Å²) in [5, 5.41) is 2.94. The Morgan fingerprint density at radius 2 is 1.87 bits per heavy atom. The molecular formula is C22H21F3N4O2. The first-order valence-corrected chi connectivity index (χ1v) is 9.88. The molecule has 162 valence electrons. The van der Waals surface area contributed by atoms with Gasteiger partial charge in [-0.2, -0.15) is 13.2 Å². The number of benzene rings is 1. The van der Waals surface area contributed by atoms with E-state index in [0.29, 0.717) is 18.9 Å². The highest BCUT2D eigenvalue weighted by Gasteiger charge is 2.34. The van der Waals surface area contributed by atoms with E-state index in [4.69, 9.17) is 9.47 Å². The van der Waals surface area contributed by atoms with Crippen molar-refractivity contribution in [1.29, 1.82) is 0 Å². The molecule has 1 N–H and O–H groups in total. The Kier molecular flexibility index (Phi) is 6.03. The third-order valence-corrected chi connectivity index (χ3v) is 4.82. The molecule has 1 saturated heterocycles. The number of hydrogen-bond acceptors (Lipinski definition) is 6. The lowest BCUT2D eigenvalue weighted by molar-refractivity contribution is -0.141. The van der Waals surface area contributed by atoms with Crippen LogP contribution < -0.4 is 10.1 Å². The van der Waals surface area contributed by atoms with Gasteiger partial charge in [-0.3, -0.25) is 4.98 Å². The van der Waals surface area contributed by atoms with Crippen LogP contribution in [0.2, 0.25) is 0 Å². The van der Waals surface area contributed by atoms with Crippen molar-refractivity contribution in [2.75, 3.05) is 18.5 Å². The molecule has 1 fully saturated rings. The summed E-state index contributed by atoms with van der Waals surface area (Å²) in [6.45, 7) is 3.24. The quantitative estimate of drug-likeness (QED) is 0.603. The van der Waals surface area contributed by atoms with Gasteiger partial charge in [0.25, 0.3) is 0 Å². The van der Waals surface area contributed by atoms with E-state index in [1.54, 1.807) is 30.3 Å². The summed E-state index contributed by atoms with van der Waals surface area (Å²) >= 11 is 0. The largest absolute Gasteiger partial charge is 0.490 e. The van der Waals surface area contributed by atoms with Gasteiger partial charge < -0.3 is 14.8 Å². The van der Waals surface area contributed by atoms with Gasteiger partial charge in [0, 0.05) is 30.8 Å². The molecular weight excluding hydrogens is 409 g/mol. The lowest BCUT2D eigenvalue weighted by Crippen LogP contribution is -2.26. The van der Waals surface area contributed by atoms with Crippen molar-refractivity contribution >= 4 is 11.5 Å². The fourth-order valence-corrected chi connectivity index (χ4v) is 3.25. The van der Waals surface area contributed by atoms with Crippen molar-refractivity contribution < 1.29 is 22.6 Å². The minimum atomic E-state index is -4.61. The Labute approximate surface area is 177 Å². The van der Waals surface area contributed by atoms with Gasteiger partial charge >= 0.3 is 6.18 Å². The molecule has 2 aromatic heterocycles. The van der Waals surface area contributed by atoms with Gasteiger partial charge in [0.15, 0.2) is 11.5 Å². The van der Waals surface area contributed by atoms with E-state index in [0.717, 1.165) is 30.2 Å². The van der Waals surface area contributed by atoms with Crippen LogP contribution in [0.15, 0.2) is 48.7 Å². The van der Waals surface area contributed by atoms with Crippen molar-refractivity contribution in [3.05, 3.63) is 59.9 Å². The average Bonchev–Trinajstić information content (AvgIpc) is 2.76. The highest BCUT2D eigenvalue weighted by Crippen LogP contribution is 2.32. The Morgan fingerprint density at radius 3 is 2.55 bits per heavy atom. The monoisotopic (exact) mass is 430 g/mol. The number of alkyl halides is 3. The summed E-state index contributed by atoms with van der Waals surface area (Å²) in [5.41, 5.74) is 0.678. The molecule has 4 rings (SSSR count). The van der Waals surface area contributed by atoms with Crippen LogP contribution >= 0.6 is 0 Å². The summed E-state index contributed by atoms with van der Waals surface area (Å²) in [4.78, 5) is 11.9. The Balaban J connectivity index is 1.58. The highest BCUT2D eigenvalue weighted by molar-refractivity contribution is 5.62. The highest BCUT2D eigenvalue weighted by atomic mass is 19.4. The molecule has 0 radical (unpaired) electrons. The molecule has 0 bridgehead atoms. The van der Waals surface area contributed by atoms with E-state index < -0.39 is 11.9 Å². The van der Waals surface area contributed by atoms with Crippen molar-refractivity contribution in [2.45, 2.75) is 32.0 Å². The van der Waals surface area contributed by atoms with Crippen molar-refractivity contribution in [2.24, 2.45) is 0 Å². The predicted molar refractivity (Wildman–Crippen MR) is 109 cm³/mol. The minimum absolute atomic E-state index is 0.0282. The van der Waals surface area contributed by atoms with Gasteiger partial charge in [0.2, 0.25) is 0 Å². The van der Waals surface area contributed by atoms with Crippen LogP contribution in [-0.4, -0.2) is 34.3 Å². The molecule has 3 heterocycles. The SMILES string of the molecule is Cc1cc(Nc2cc(C(F)(F)F)nc(-c3ccccn3)n2)ccc1OC1CCOCC1. The number of hydrogen-bond donors (Lipinski definition) is 1. The number of ether oxygens (including phenoxy) is 2. The van der Waals surface area contributed by atoms with Crippen LogP contribution in [0.4, 0.5) is 24.7 Å². The molecule has 0 unspecified atom stereocenters. The topological polar surface area (TPSA) is 69.2 Å². The van der Waals surface area contributed by atoms with Crippen LogP contribution in [0.25, 0.3) is 11.5 Å². The first kappa shape index (κ1) is 21.0. The number of aryl methyl sites for hydroxylation is 1. The molecule has 1 aliphatic rings. The van der Waals surface area contributed by atoms with E-state index in [1.165, 1.54) is 6.20 Å². The fraction of sp³-hybridized carbons (Fsp3) is 0.318. The number of nitrogens with zero attached hydrogens (tertiary/aromatic N) is 3. The normalized spacial score (nSPS) is 15.0. The number of aromatic nitrogens is 3. The molecule has 6 nitrogen and oxygen atoms in total. The number of nitrogens with one attached hydrogen (secondary N) is 1. The van der Waals surface area contributed by atoms with E-state index >= 15 is 0 Å². The van der Waals surface area contributed by atoms with Crippen LogP contribution in [0.5, 0.6) is 5.75 Å². The number of rotatable bonds is 5. The van der Waals surface area contributed by atoms with E-state index in [9.17, 15) is 13.2 Å². The fourth-order valence-electron chi connectivity index (χ4n) is 3.25. The Hall–Kier alpha value is -3.20. The molecule has 1 aliphatic heterocycles. The van der Waals surface area contributed by atoms with E-state index in [2.05, 4.69) is 20.3 Å². The van der Waals surface area contributed by atoms with Gasteiger partial charge in [-0.15, -0.1) is 0 Å². The standard InChI is InChI=1S/C22H21F3N4O2/c1-14-12-15(5-6-18(14)31-16-7-10-30-11-8-16)27-20-13-19(22(23,24)25)28-21(29-20)17-4-2-3-9-26-17/h2-6,9,12-13,16H,7-8,10-11H2,1H3,(H,27,28,29). The molecule has 1 aromatic carbocycles. The second kappa shape index (κ2) is 8.89. The van der Waals surface area contributed by atoms with Crippen molar-refractivity contribution in [3.8, 4) is 17.3 Å². The summed E-state index contributed by atoms with van der Waals surface area (Å²) in [6.07, 6.45) is -1.37. The van der Waals surface area contributed by atoms with E-state index in [1.807, 2.05) is 13.0 Å². The molecule has 0 amide bonds. The third-order valence-electron chi connectivity index (χ3n) is 4.82. The summed E-state index contributed by atoms with van der Waals surface area (Å²) in [6, 6.07) is 11.1. The first-order chi connectivity index (χ1) is 14.9. The van der Waals surface area contributed by atoms with Crippen LogP contribution in [0.3, 0.4) is 0 Å². The third kappa shape index (κ3) is 5.29. The lowest BCUT2D eigenvalue weighted by Gasteiger charge is -2.24. The lowest BCUT2D eigenvalue weighted by atomic mass is 10.1. The molecule has 31 heavy (non-hydrogen) atoms. The summed E-state index contributed by atoms with van der Waals surface area (Å²) in [7, 11) is 0. The van der Waals surface area contributed by atoms with Crippen molar-refractivity contribution in [3.63, 3.8) is 0 Å². The molecule has 0 aliphatic carbocycles. The maximum atomic E-state index is 13.4. The van der Waals surface area contributed by atoms with Gasteiger partial charge in [-0.25, -0.2) is 9.97 Å². The maximum Gasteiger partial charge on any atom is 0.433 e. The molecule has 0 saturated carbocycles. The smallest absolute Gasteiger partial charge is 0.433 e. The minimum Gasteiger partial charge on any atom is -0.490 e. The number of pyridine rings is 1. The van der Waals surface area contributed by atoms with Crippen LogP contribution in [0, 0.1) is 6.92 Å². The summed E-state index contributed by atoms with van der Waals surface area (Å²) in [5.74, 6) is 0.667. The Morgan fingerprint density at radius 1 is 1.06 bits per heavy atom. The van der Waals surface area contributed by atoms with Gasteiger partial charge in [-0.1, -0.05) is 6.07 Å². The zero-order valence-corrected chi connectivity index (χ0v) is 16.8. The average molecular weight is 430 g/mol. The maximum absolute atomic E-state index is 13.4. The zero-order valence-electron chi connectivity index (χ0n) is 16.8. The Bertz CT molecular complexity index is 1040. The molecule has 0 spiro atoms. The zero-order chi connectivity index (χ0) is 21.8. The predicted octanol–water partition coefficient (Wildman–Crippen LogP) is 5.17. The first-order valence-electron chi connectivity index (χ1n) is 9.88. The number of anilines is 2. The van der Waals surface area contributed by atoms with Crippen molar-refractivity contribution in [1.82, 2.24) is 15.0 Å². The van der Waals surface area contributed by atoms with Gasteiger partial charge in [-0.05, 0) is 42.8 Å². The van der Waals surface area contributed by atoms with E-state index in [-0.39, 0.29) is 23.4 Å². The number of halogens is 3. The second-order valence-corrected chi connectivity index (χ2v) is 7.21. The van der Waals surface area contributed by atoms with Crippen LogP contribution in [-0.2, 0) is 10.9 Å².